The zero-order valence-corrected chi connectivity index (χ0v) is 98.1. The summed E-state index contributed by atoms with van der Waals surface area (Å²) < 4.78 is 21.1. The van der Waals surface area contributed by atoms with Crippen LogP contribution >= 0.6 is 0 Å². The lowest BCUT2D eigenvalue weighted by Crippen LogP contribution is -2.54. The average Bonchev–Trinajstić information content (AvgIpc) is 1.46. The van der Waals surface area contributed by atoms with E-state index in [1.165, 1.54) is 164 Å². The number of rotatable bonds is 41. The van der Waals surface area contributed by atoms with Crippen molar-refractivity contribution in [3.63, 3.8) is 0 Å². The van der Waals surface area contributed by atoms with Crippen molar-refractivity contribution in [1.82, 2.24) is 68.3 Å². The standard InChI is InChI=1S/C15H29NO.C14H25NO.C14H27NO.2C13H26N2O2.C12H24N2O2.C12H26N2O2.C11H21NO.C11H23NO/c1-11(2)16-13(14(17)15(3,4)5)12-9-7-6-8-10-12;1-10(2)15-13(14(16)12-8-9-12)11-6-4-3-5-7-11;1-10(2)14(16)13(15-11(3)4)12-8-6-5-7-9-12;1-11(2)14-13(8-6-5-7-9-13)10-17-12(16)15(3)4;1-4-14-12(16)17-10-13(15-11(2)3)8-6-5-7-9-13;1-10(2)14-12(7-5-4-6-8-12)9-16-11(15)13-3;1-9(2)13-10(12(3,4)5)8-16-11(15)14(6)7;1-7(2)10(12-8(3)4)11(13)9-5-6-9;1-7(2)10(12-9(5)6)11(13)8(3)4/h11-13,16H,6-10H2,1-5H3;10-13,15H,3-9H2,1-2H3;10-13,15H,5-9H2,1-4H3;11,14H,5-10H2,1-4H3;11,15H,4-10H2,1-3H3,(H,14,16);10,14H,4-9H2,1-3H3,(H,13,15);9-10,13H,8H2,1-7H3;7-10,12H,5-6H2,1-4H3;7-10,12H,1-6H3/t3*13-;;;;3*10-/m000...100/s1. The number of carbonyl (C=O) groups excluding carboxylic acids is 9. The van der Waals surface area contributed by atoms with Gasteiger partial charge in [0.15, 0.2) is 28.9 Å². The van der Waals surface area contributed by atoms with Crippen LogP contribution in [0.3, 0.4) is 0 Å². The van der Waals surface area contributed by atoms with E-state index in [2.05, 4.69) is 232 Å². The van der Waals surface area contributed by atoms with Crippen molar-refractivity contribution in [3.8, 4) is 0 Å². The number of hydrogen-bond donors (Lipinski definition) is 11. The SMILES string of the molecule is CC(C)NC1(COC(=O)N(C)C)CCCCC1.CC(C)N[C@H](C(=O)C(C)(C)C)C1CCCCC1.CC(C)N[C@H](C(=O)C(C)C)C(C)C.CC(C)N[C@H](C(=O)C(C)C)C1CCCCC1.CC(C)N[C@H](C(=O)C1CC1)C(C)C.CC(C)N[C@H](C(=O)C1CC1)C1CCCCC1.CC(C)N[C@H](COC(=O)N(C)C)C(C)(C)C.CCNC(=O)OCC1(NC(C)C)CCCCC1.CNC(=O)OCC1(NC(C)C)CCCCC1. The quantitative estimate of drug-likeness (QED) is 0.0253. The predicted octanol–water partition coefficient (Wildman–Crippen LogP) is 22.8. The lowest BCUT2D eigenvalue weighted by atomic mass is 9.76. The molecule has 8 aliphatic carbocycles. The first kappa shape index (κ1) is 136. The van der Waals surface area contributed by atoms with E-state index in [0.717, 1.165) is 64.2 Å². The van der Waals surface area contributed by atoms with E-state index in [4.69, 9.17) is 18.9 Å². The van der Waals surface area contributed by atoms with Crippen molar-refractivity contribution in [2.45, 2.75) is 554 Å². The van der Waals surface area contributed by atoms with E-state index in [1.807, 2.05) is 55.4 Å². The Kier molecular flexibility index (Phi) is 69.2. The predicted molar refractivity (Wildman–Crippen MR) is 589 cm³/mol. The van der Waals surface area contributed by atoms with Crippen LogP contribution in [0.1, 0.15) is 447 Å². The van der Waals surface area contributed by atoms with Crippen molar-refractivity contribution in [2.24, 2.45) is 64.1 Å². The molecular weight excluding hydrogens is 1770 g/mol. The van der Waals surface area contributed by atoms with Crippen molar-refractivity contribution in [1.29, 1.82) is 0 Å². The van der Waals surface area contributed by atoms with Crippen LogP contribution < -0.4 is 58.5 Å². The van der Waals surface area contributed by atoms with Gasteiger partial charge in [0.25, 0.3) is 0 Å². The van der Waals surface area contributed by atoms with Gasteiger partial charge in [0.2, 0.25) is 0 Å². The number of hydrogen-bond acceptors (Lipinski definition) is 22. The molecule has 26 nitrogen and oxygen atoms in total. The van der Waals surface area contributed by atoms with Crippen molar-refractivity contribution in [2.75, 3.05) is 68.2 Å². The molecule has 8 rings (SSSR count). The maximum atomic E-state index is 12.5. The smallest absolute Gasteiger partial charge is 0.409 e. The van der Waals surface area contributed by atoms with Crippen LogP contribution in [0.25, 0.3) is 0 Å². The Balaban J connectivity index is 0.00000157. The maximum Gasteiger partial charge on any atom is 0.409 e. The van der Waals surface area contributed by atoms with E-state index in [9.17, 15) is 43.2 Å². The second-order valence-corrected chi connectivity index (χ2v) is 49.3. The van der Waals surface area contributed by atoms with Crippen molar-refractivity contribution in [3.05, 3.63) is 0 Å². The molecule has 0 aromatic heterocycles. The fourth-order valence-electron chi connectivity index (χ4n) is 19.9. The van der Waals surface area contributed by atoms with E-state index in [0.29, 0.717) is 158 Å². The molecule has 0 aromatic rings. The minimum atomic E-state index is -0.337. The van der Waals surface area contributed by atoms with E-state index >= 15 is 0 Å². The first-order valence-corrected chi connectivity index (χ1v) is 56.7. The van der Waals surface area contributed by atoms with E-state index in [-0.39, 0.29) is 99.9 Å². The molecule has 8 saturated carbocycles. The normalized spacial score (nSPS) is 19.1. The number of nitrogens with one attached hydrogen (secondary N) is 11. The molecule has 0 bridgehead atoms. The summed E-state index contributed by atoms with van der Waals surface area (Å²) in [5.74, 6) is 5.64. The van der Waals surface area contributed by atoms with Crippen LogP contribution in [0.15, 0.2) is 0 Å². The molecule has 0 spiro atoms. The molecule has 8 aliphatic rings. The van der Waals surface area contributed by atoms with Gasteiger partial charge in [-0.2, -0.15) is 0 Å². The highest BCUT2D eigenvalue weighted by atomic mass is 16.6. The summed E-state index contributed by atoms with van der Waals surface area (Å²) in [6.07, 6.45) is 40.4. The van der Waals surface area contributed by atoms with Crippen LogP contribution in [-0.4, -0.2) is 239 Å². The zero-order chi connectivity index (χ0) is 108. The van der Waals surface area contributed by atoms with Gasteiger partial charge in [-0.3, -0.25) is 24.0 Å². The second-order valence-electron chi connectivity index (χ2n) is 49.3. The summed E-state index contributed by atoms with van der Waals surface area (Å²) >= 11 is 0. The number of carbonyl (C=O) groups is 9. The summed E-state index contributed by atoms with van der Waals surface area (Å²) in [4.78, 5) is 109. The van der Waals surface area contributed by atoms with Crippen molar-refractivity contribution >= 4 is 53.3 Å². The Morgan fingerprint density at radius 1 is 0.326 bits per heavy atom. The highest BCUT2D eigenvalue weighted by Gasteiger charge is 2.43. The minimum Gasteiger partial charge on any atom is -0.448 e. The Labute approximate surface area is 865 Å². The van der Waals surface area contributed by atoms with Gasteiger partial charge in [-0.25, -0.2) is 19.2 Å². The second kappa shape index (κ2) is 71.7. The summed E-state index contributed by atoms with van der Waals surface area (Å²) in [5, 5.41) is 36.5. The van der Waals surface area contributed by atoms with Gasteiger partial charge in [-0.1, -0.05) is 337 Å². The molecular formula is C115H227N13O13. The maximum absolute atomic E-state index is 12.5. The Hall–Kier alpha value is -4.93. The van der Waals surface area contributed by atoms with Crippen LogP contribution in [-0.2, 0) is 42.9 Å². The van der Waals surface area contributed by atoms with Crippen LogP contribution in [0.2, 0.25) is 0 Å². The number of Topliss-reactive ketones (excluding diaryl/α,β-unsaturated/α-hetero) is 5. The topological polar surface area (TPSA) is 329 Å². The van der Waals surface area contributed by atoms with Crippen LogP contribution in [0.5, 0.6) is 0 Å². The Bertz CT molecular complexity index is 3260. The molecule has 0 aliphatic heterocycles. The molecule has 6 atom stereocenters. The molecule has 830 valence electrons. The third kappa shape index (κ3) is 61.0. The molecule has 0 radical (unpaired) electrons. The van der Waals surface area contributed by atoms with Gasteiger partial charge in [0.1, 0.15) is 26.4 Å². The molecule has 26 heteroatoms. The van der Waals surface area contributed by atoms with Crippen molar-refractivity contribution < 1.29 is 62.1 Å². The Morgan fingerprint density at radius 3 is 0.922 bits per heavy atom. The highest BCUT2D eigenvalue weighted by molar-refractivity contribution is 5.90. The fourth-order valence-corrected chi connectivity index (χ4v) is 19.9. The van der Waals surface area contributed by atoms with Gasteiger partial charge in [0.05, 0.1) is 46.8 Å². The molecule has 11 N–H and O–H groups in total. The lowest BCUT2D eigenvalue weighted by Gasteiger charge is -2.39. The monoisotopic (exact) mass is 2000 g/mol. The number of amides is 4. The highest BCUT2D eigenvalue weighted by Crippen LogP contribution is 2.39. The zero-order valence-electron chi connectivity index (χ0n) is 98.1. The Morgan fingerprint density at radius 2 is 0.624 bits per heavy atom. The first-order chi connectivity index (χ1) is 65.6. The summed E-state index contributed by atoms with van der Waals surface area (Å²) in [7, 11) is 8.39. The molecule has 0 saturated heterocycles. The fraction of sp³-hybridized carbons (Fsp3) is 0.922. The first-order valence-electron chi connectivity index (χ1n) is 56.7. The summed E-state index contributed by atoms with van der Waals surface area (Å²) in [6.45, 7) is 71.4. The third-order valence-corrected chi connectivity index (χ3v) is 27.5. The van der Waals surface area contributed by atoms with Gasteiger partial charge >= 0.3 is 24.4 Å². The van der Waals surface area contributed by atoms with Crippen LogP contribution in [0, 0.1) is 64.1 Å². The molecule has 141 heavy (non-hydrogen) atoms. The van der Waals surface area contributed by atoms with Gasteiger partial charge < -0.3 is 87.2 Å². The number of ketones is 5. The van der Waals surface area contributed by atoms with Crippen LogP contribution in [0.4, 0.5) is 19.2 Å². The largest absolute Gasteiger partial charge is 0.448 e. The number of nitrogens with zero attached hydrogens (tertiary/aromatic N) is 2. The molecule has 4 amide bonds. The average molecular weight is 2000 g/mol. The lowest BCUT2D eigenvalue weighted by molar-refractivity contribution is -0.130. The number of alkyl carbamates (subject to hydrolysis) is 2. The van der Waals surface area contributed by atoms with Gasteiger partial charge in [-0.15, -0.1) is 0 Å². The minimum absolute atomic E-state index is 0.00106. The number of ether oxygens (including phenoxy) is 4. The molecule has 0 aromatic carbocycles. The molecule has 8 fully saturated rings. The van der Waals surface area contributed by atoms with E-state index in [1.54, 1.807) is 35.2 Å². The molecule has 0 unspecified atom stereocenters. The molecule has 0 heterocycles. The third-order valence-electron chi connectivity index (χ3n) is 27.5. The van der Waals surface area contributed by atoms with E-state index < -0.39 is 0 Å². The summed E-state index contributed by atoms with van der Waals surface area (Å²) in [6, 6.07) is 4.20. The van der Waals surface area contributed by atoms with Gasteiger partial charge in [0, 0.05) is 131 Å². The van der Waals surface area contributed by atoms with Gasteiger partial charge in [-0.05, 0) is 145 Å². The summed E-state index contributed by atoms with van der Waals surface area (Å²) in [5.41, 5.74) is -0.171.